The lowest BCUT2D eigenvalue weighted by Crippen LogP contribution is -2.35. The second kappa shape index (κ2) is 10.5. The van der Waals surface area contributed by atoms with Crippen molar-refractivity contribution in [1.82, 2.24) is 9.47 Å². The number of unbranched alkanes of at least 4 members (excludes halogenated alkanes) is 1. The largest absolute Gasteiger partial charge is 0.310 e. The second-order valence-electron chi connectivity index (χ2n) is 7.31. The molecule has 2 rings (SSSR count). The fraction of sp³-hybridized carbons (Fsp3) is 0.609. The Morgan fingerprint density at radius 3 is 2.27 bits per heavy atom. The van der Waals surface area contributed by atoms with Crippen LogP contribution >= 0.6 is 0 Å². The third-order valence-corrected chi connectivity index (χ3v) is 5.15. The summed E-state index contributed by atoms with van der Waals surface area (Å²) in [6.07, 6.45) is 6.67. The van der Waals surface area contributed by atoms with E-state index in [9.17, 15) is 4.79 Å². The van der Waals surface area contributed by atoms with Gasteiger partial charge in [0.15, 0.2) is 0 Å². The molecule has 0 aliphatic heterocycles. The zero-order valence-corrected chi connectivity index (χ0v) is 17.1. The molecule has 1 unspecified atom stereocenters. The van der Waals surface area contributed by atoms with Gasteiger partial charge in [0.2, 0.25) is 0 Å². The van der Waals surface area contributed by atoms with Gasteiger partial charge < -0.3 is 4.57 Å². The average molecular weight is 357 g/mol. The van der Waals surface area contributed by atoms with Crippen LogP contribution < -0.4 is 5.56 Å². The van der Waals surface area contributed by atoms with Crippen molar-refractivity contribution in [3.8, 4) is 0 Å². The fourth-order valence-electron chi connectivity index (χ4n) is 3.93. The Morgan fingerprint density at radius 1 is 0.962 bits per heavy atom. The maximum atomic E-state index is 13.2. The number of pyridine rings is 1. The molecule has 144 valence electrons. The number of hydrogen-bond donors (Lipinski definition) is 0. The highest BCUT2D eigenvalue weighted by Crippen LogP contribution is 2.28. The summed E-state index contributed by atoms with van der Waals surface area (Å²) in [5.74, 6) is 0. The topological polar surface area (TPSA) is 25.2 Å². The highest BCUT2D eigenvalue weighted by Gasteiger charge is 2.23. The molecule has 0 fully saturated rings. The third kappa shape index (κ3) is 4.76. The van der Waals surface area contributed by atoms with E-state index >= 15 is 0 Å². The lowest BCUT2D eigenvalue weighted by atomic mass is 10.0. The molecule has 0 saturated carbocycles. The average Bonchev–Trinajstić information content (AvgIpc) is 2.65. The zero-order valence-electron chi connectivity index (χ0n) is 17.1. The van der Waals surface area contributed by atoms with E-state index in [4.69, 9.17) is 0 Å². The monoisotopic (exact) mass is 356 g/mol. The van der Waals surface area contributed by atoms with E-state index in [-0.39, 0.29) is 5.56 Å². The number of nitrogens with zero attached hydrogens (tertiary/aromatic N) is 2. The van der Waals surface area contributed by atoms with Crippen molar-refractivity contribution in [2.24, 2.45) is 0 Å². The fourth-order valence-corrected chi connectivity index (χ4v) is 3.93. The second-order valence-corrected chi connectivity index (χ2v) is 7.31. The van der Waals surface area contributed by atoms with Crippen molar-refractivity contribution in [1.29, 1.82) is 0 Å². The molecule has 1 aromatic carbocycles. The highest BCUT2D eigenvalue weighted by atomic mass is 16.1. The van der Waals surface area contributed by atoms with Gasteiger partial charge in [-0.1, -0.05) is 58.7 Å². The number of fused-ring (bicyclic) bond motifs is 1. The van der Waals surface area contributed by atoms with Crippen molar-refractivity contribution < 1.29 is 0 Å². The molecule has 0 bridgehead atoms. The quantitative estimate of drug-likeness (QED) is 0.511. The van der Waals surface area contributed by atoms with Crippen molar-refractivity contribution in [3.05, 3.63) is 46.4 Å². The lowest BCUT2D eigenvalue weighted by Gasteiger charge is -2.33. The van der Waals surface area contributed by atoms with E-state index in [2.05, 4.69) is 49.3 Å². The summed E-state index contributed by atoms with van der Waals surface area (Å²) < 4.78 is 2.07. The molecule has 1 aromatic heterocycles. The Balaban J connectivity index is 2.62. The van der Waals surface area contributed by atoms with Crippen LogP contribution in [0.4, 0.5) is 0 Å². The predicted molar refractivity (Wildman–Crippen MR) is 113 cm³/mol. The standard InChI is InChI=1S/C23H36N2O/c1-5-9-17-25-22(18-19-13-10-11-14-20(19)23(25)26)21(12-6-2)24(15-7-3)16-8-4/h10-11,13-14,18,21H,5-9,12,15-17H2,1-4H3. The van der Waals surface area contributed by atoms with Crippen molar-refractivity contribution in [2.75, 3.05) is 13.1 Å². The van der Waals surface area contributed by atoms with Crippen LogP contribution in [0.25, 0.3) is 10.8 Å². The molecule has 0 aliphatic carbocycles. The minimum atomic E-state index is 0.181. The maximum Gasteiger partial charge on any atom is 0.258 e. The summed E-state index contributed by atoms with van der Waals surface area (Å²) in [6.45, 7) is 11.9. The van der Waals surface area contributed by atoms with E-state index in [0.717, 1.165) is 68.9 Å². The molecular weight excluding hydrogens is 320 g/mol. The molecule has 2 aromatic rings. The van der Waals surface area contributed by atoms with Gasteiger partial charge >= 0.3 is 0 Å². The molecule has 3 nitrogen and oxygen atoms in total. The molecule has 0 aliphatic rings. The Labute approximate surface area is 159 Å². The molecule has 0 saturated heterocycles. The van der Waals surface area contributed by atoms with Gasteiger partial charge in [0.25, 0.3) is 5.56 Å². The van der Waals surface area contributed by atoms with Gasteiger partial charge in [-0.15, -0.1) is 0 Å². The number of rotatable bonds is 11. The number of aromatic nitrogens is 1. The Kier molecular flexibility index (Phi) is 8.37. The Hall–Kier alpha value is -1.61. The van der Waals surface area contributed by atoms with Gasteiger partial charge in [0, 0.05) is 17.6 Å². The summed E-state index contributed by atoms with van der Waals surface area (Å²) in [7, 11) is 0. The van der Waals surface area contributed by atoms with E-state index in [1.54, 1.807) is 0 Å². The SMILES string of the molecule is CCCCn1c(C(CCC)N(CCC)CCC)cc2ccccc2c1=O. The first kappa shape index (κ1) is 20.7. The van der Waals surface area contributed by atoms with E-state index in [1.165, 1.54) is 5.69 Å². The molecule has 26 heavy (non-hydrogen) atoms. The van der Waals surface area contributed by atoms with E-state index < -0.39 is 0 Å². The molecule has 1 heterocycles. The molecule has 0 radical (unpaired) electrons. The molecule has 3 heteroatoms. The van der Waals surface area contributed by atoms with Crippen LogP contribution in [0.15, 0.2) is 35.1 Å². The van der Waals surface area contributed by atoms with Crippen LogP contribution in [-0.2, 0) is 6.54 Å². The van der Waals surface area contributed by atoms with E-state index in [0.29, 0.717) is 6.04 Å². The van der Waals surface area contributed by atoms with Crippen LogP contribution in [0.5, 0.6) is 0 Å². The van der Waals surface area contributed by atoms with Crippen LogP contribution in [0, 0.1) is 0 Å². The number of hydrogen-bond acceptors (Lipinski definition) is 2. The van der Waals surface area contributed by atoms with Crippen molar-refractivity contribution >= 4 is 10.8 Å². The molecule has 1 atom stereocenters. The van der Waals surface area contributed by atoms with Crippen molar-refractivity contribution in [2.45, 2.75) is 78.8 Å². The van der Waals surface area contributed by atoms with Crippen LogP contribution in [0.3, 0.4) is 0 Å². The molecule has 0 amide bonds. The summed E-state index contributed by atoms with van der Waals surface area (Å²) in [5.41, 5.74) is 1.39. The Morgan fingerprint density at radius 2 is 1.65 bits per heavy atom. The molecular formula is C23H36N2O. The van der Waals surface area contributed by atoms with Gasteiger partial charge in [-0.3, -0.25) is 9.69 Å². The summed E-state index contributed by atoms with van der Waals surface area (Å²) >= 11 is 0. The lowest BCUT2D eigenvalue weighted by molar-refractivity contribution is 0.178. The number of benzene rings is 1. The van der Waals surface area contributed by atoms with Crippen LogP contribution in [0.1, 0.15) is 78.0 Å². The van der Waals surface area contributed by atoms with Gasteiger partial charge in [-0.25, -0.2) is 0 Å². The summed E-state index contributed by atoms with van der Waals surface area (Å²) in [5, 5.41) is 1.93. The van der Waals surface area contributed by atoms with Crippen molar-refractivity contribution in [3.63, 3.8) is 0 Å². The molecule has 0 spiro atoms. The first-order valence-corrected chi connectivity index (χ1v) is 10.5. The predicted octanol–water partition coefficient (Wildman–Crippen LogP) is 5.76. The van der Waals surface area contributed by atoms with Gasteiger partial charge in [-0.05, 0) is 56.3 Å². The Bertz CT molecular complexity index is 729. The summed E-state index contributed by atoms with van der Waals surface area (Å²) in [4.78, 5) is 15.8. The van der Waals surface area contributed by atoms with Gasteiger partial charge in [0.1, 0.15) is 0 Å². The highest BCUT2D eigenvalue weighted by molar-refractivity contribution is 5.82. The molecule has 0 N–H and O–H groups in total. The maximum absolute atomic E-state index is 13.2. The van der Waals surface area contributed by atoms with E-state index in [1.807, 2.05) is 18.2 Å². The third-order valence-electron chi connectivity index (χ3n) is 5.15. The minimum absolute atomic E-state index is 0.181. The smallest absolute Gasteiger partial charge is 0.258 e. The zero-order chi connectivity index (χ0) is 18.9. The van der Waals surface area contributed by atoms with Crippen LogP contribution in [0.2, 0.25) is 0 Å². The first-order chi connectivity index (χ1) is 12.7. The first-order valence-electron chi connectivity index (χ1n) is 10.5. The minimum Gasteiger partial charge on any atom is -0.310 e. The normalized spacial score (nSPS) is 12.8. The summed E-state index contributed by atoms with van der Waals surface area (Å²) in [6, 6.07) is 10.7. The van der Waals surface area contributed by atoms with Crippen LogP contribution in [-0.4, -0.2) is 22.6 Å². The van der Waals surface area contributed by atoms with Gasteiger partial charge in [-0.2, -0.15) is 0 Å². The van der Waals surface area contributed by atoms with Gasteiger partial charge in [0.05, 0.1) is 6.04 Å².